The molecule has 1 rings (SSSR count). The molecule has 1 atom stereocenters. The fourth-order valence-electron chi connectivity index (χ4n) is 1.66. The number of carbonyl (C=O) groups is 2. The molecular weight excluding hydrogens is 279 g/mol. The third-order valence-corrected chi connectivity index (χ3v) is 2.65. The van der Waals surface area contributed by atoms with Crippen molar-refractivity contribution in [1.82, 2.24) is 20.9 Å². The molecule has 0 aromatic rings. The van der Waals surface area contributed by atoms with Gasteiger partial charge in [-0.15, -0.1) is 24.8 Å². The number of amides is 3. The van der Waals surface area contributed by atoms with Crippen LogP contribution in [0.4, 0.5) is 4.79 Å². The largest absolute Gasteiger partial charge is 0.338 e. The molecule has 1 aliphatic rings. The van der Waals surface area contributed by atoms with Crippen molar-refractivity contribution < 1.29 is 9.59 Å². The molecule has 3 N–H and O–H groups in total. The Balaban J connectivity index is 0. The van der Waals surface area contributed by atoms with E-state index in [-0.39, 0.29) is 36.8 Å². The van der Waals surface area contributed by atoms with Gasteiger partial charge in [0.2, 0.25) is 5.91 Å². The Bertz CT molecular complexity index is 260. The number of halogens is 2. The Morgan fingerprint density at radius 2 is 1.83 bits per heavy atom. The van der Waals surface area contributed by atoms with Crippen LogP contribution in [0, 0.1) is 0 Å². The minimum atomic E-state index is -0.422. The smallest absolute Gasteiger partial charge is 0.321 e. The summed E-state index contributed by atoms with van der Waals surface area (Å²) in [7, 11) is 0. The normalized spacial score (nSPS) is 16.8. The van der Waals surface area contributed by atoms with Gasteiger partial charge in [-0.3, -0.25) is 15.0 Å². The summed E-state index contributed by atoms with van der Waals surface area (Å²) in [6.07, 6.45) is 0. The summed E-state index contributed by atoms with van der Waals surface area (Å²) in [5, 5.41) is 8.08. The lowest BCUT2D eigenvalue weighted by molar-refractivity contribution is -0.124. The van der Waals surface area contributed by atoms with Gasteiger partial charge in [-0.2, -0.15) is 0 Å². The van der Waals surface area contributed by atoms with Crippen LogP contribution in [-0.4, -0.2) is 55.6 Å². The molecule has 18 heavy (non-hydrogen) atoms. The Labute approximate surface area is 120 Å². The molecule has 3 amide bonds. The Kier molecular flexibility index (Phi) is 11.4. The minimum absolute atomic E-state index is 0. The topological polar surface area (TPSA) is 73.5 Å². The SMILES string of the molecule is CCNC(=O)NC(=O)C(C)N1CCNCC1.Cl.Cl. The van der Waals surface area contributed by atoms with E-state index in [0.717, 1.165) is 26.2 Å². The maximum absolute atomic E-state index is 11.7. The van der Waals surface area contributed by atoms with Gasteiger partial charge in [-0.25, -0.2) is 4.79 Å². The Morgan fingerprint density at radius 1 is 1.28 bits per heavy atom. The van der Waals surface area contributed by atoms with Crippen LogP contribution < -0.4 is 16.0 Å². The highest BCUT2D eigenvalue weighted by molar-refractivity contribution is 5.96. The van der Waals surface area contributed by atoms with E-state index in [4.69, 9.17) is 0 Å². The molecule has 0 aromatic heterocycles. The predicted octanol–water partition coefficient (Wildman–Crippen LogP) is -0.0306. The zero-order valence-electron chi connectivity index (χ0n) is 10.7. The first kappa shape index (κ1) is 19.8. The molecule has 8 heteroatoms. The highest BCUT2D eigenvalue weighted by Crippen LogP contribution is 2.00. The fourth-order valence-corrected chi connectivity index (χ4v) is 1.66. The van der Waals surface area contributed by atoms with Crippen LogP contribution in [-0.2, 0) is 4.79 Å². The lowest BCUT2D eigenvalue weighted by Gasteiger charge is -2.31. The maximum atomic E-state index is 11.7. The number of nitrogens with one attached hydrogen (secondary N) is 3. The van der Waals surface area contributed by atoms with Gasteiger partial charge >= 0.3 is 6.03 Å². The first-order valence-electron chi connectivity index (χ1n) is 5.68. The number of nitrogens with zero attached hydrogens (tertiary/aromatic N) is 1. The average molecular weight is 301 g/mol. The summed E-state index contributed by atoms with van der Waals surface area (Å²) in [6, 6.07) is -0.681. The van der Waals surface area contributed by atoms with E-state index in [1.165, 1.54) is 0 Å². The van der Waals surface area contributed by atoms with Gasteiger partial charge in [0.1, 0.15) is 0 Å². The lowest BCUT2D eigenvalue weighted by Crippen LogP contribution is -2.54. The van der Waals surface area contributed by atoms with Gasteiger partial charge in [0, 0.05) is 32.7 Å². The zero-order chi connectivity index (χ0) is 12.0. The first-order chi connectivity index (χ1) is 7.65. The summed E-state index contributed by atoms with van der Waals surface area (Å²) in [6.45, 7) is 7.59. The van der Waals surface area contributed by atoms with Gasteiger partial charge in [-0.05, 0) is 13.8 Å². The molecule has 108 valence electrons. The van der Waals surface area contributed by atoms with Crippen LogP contribution in [0.15, 0.2) is 0 Å². The molecule has 0 saturated carbocycles. The van der Waals surface area contributed by atoms with E-state index < -0.39 is 6.03 Å². The zero-order valence-corrected chi connectivity index (χ0v) is 12.3. The molecule has 0 aliphatic carbocycles. The highest BCUT2D eigenvalue weighted by Gasteiger charge is 2.23. The molecule has 1 saturated heterocycles. The molecule has 6 nitrogen and oxygen atoms in total. The second-order valence-electron chi connectivity index (χ2n) is 3.81. The maximum Gasteiger partial charge on any atom is 0.321 e. The third kappa shape index (κ3) is 6.39. The monoisotopic (exact) mass is 300 g/mol. The van der Waals surface area contributed by atoms with Gasteiger partial charge < -0.3 is 10.6 Å². The molecule has 1 aliphatic heterocycles. The van der Waals surface area contributed by atoms with Crippen LogP contribution in [0.1, 0.15) is 13.8 Å². The average Bonchev–Trinajstić information content (AvgIpc) is 2.29. The predicted molar refractivity (Wildman–Crippen MR) is 75.6 cm³/mol. The van der Waals surface area contributed by atoms with Crippen molar-refractivity contribution >= 4 is 36.8 Å². The standard InChI is InChI=1S/C10H20N4O2.2ClH/c1-3-12-10(16)13-9(15)8(2)14-6-4-11-5-7-14;;/h8,11H,3-7H2,1-2H3,(H2,12,13,15,16);2*1H. The van der Waals surface area contributed by atoms with Crippen molar-refractivity contribution in [2.24, 2.45) is 0 Å². The van der Waals surface area contributed by atoms with E-state index in [2.05, 4.69) is 20.9 Å². The van der Waals surface area contributed by atoms with Crippen LogP contribution in [0.2, 0.25) is 0 Å². The Hall–Kier alpha value is -0.560. The van der Waals surface area contributed by atoms with Crippen molar-refractivity contribution in [3.05, 3.63) is 0 Å². The van der Waals surface area contributed by atoms with Crippen molar-refractivity contribution in [2.75, 3.05) is 32.7 Å². The van der Waals surface area contributed by atoms with E-state index in [0.29, 0.717) is 6.54 Å². The molecule has 0 bridgehead atoms. The number of rotatable bonds is 3. The first-order valence-corrected chi connectivity index (χ1v) is 5.68. The fraction of sp³-hybridized carbons (Fsp3) is 0.800. The number of hydrogen-bond donors (Lipinski definition) is 3. The van der Waals surface area contributed by atoms with Gasteiger partial charge in [-0.1, -0.05) is 0 Å². The van der Waals surface area contributed by atoms with Gasteiger partial charge in [0.25, 0.3) is 0 Å². The van der Waals surface area contributed by atoms with E-state index in [1.807, 2.05) is 13.8 Å². The van der Waals surface area contributed by atoms with Crippen molar-refractivity contribution in [2.45, 2.75) is 19.9 Å². The van der Waals surface area contributed by atoms with Crippen LogP contribution >= 0.6 is 24.8 Å². The summed E-state index contributed by atoms with van der Waals surface area (Å²) < 4.78 is 0. The molecule has 0 spiro atoms. The van der Waals surface area contributed by atoms with Crippen LogP contribution in [0.5, 0.6) is 0 Å². The number of piperazine rings is 1. The van der Waals surface area contributed by atoms with Gasteiger partial charge in [0.15, 0.2) is 0 Å². The van der Waals surface area contributed by atoms with Crippen LogP contribution in [0.25, 0.3) is 0 Å². The molecule has 0 radical (unpaired) electrons. The van der Waals surface area contributed by atoms with E-state index >= 15 is 0 Å². The second kappa shape index (κ2) is 10.4. The Morgan fingerprint density at radius 3 is 2.33 bits per heavy atom. The van der Waals surface area contributed by atoms with Gasteiger partial charge in [0.05, 0.1) is 6.04 Å². The quantitative estimate of drug-likeness (QED) is 0.684. The highest BCUT2D eigenvalue weighted by atomic mass is 35.5. The van der Waals surface area contributed by atoms with Crippen molar-refractivity contribution in [3.8, 4) is 0 Å². The number of urea groups is 1. The number of carbonyl (C=O) groups excluding carboxylic acids is 2. The third-order valence-electron chi connectivity index (χ3n) is 2.65. The molecule has 1 fully saturated rings. The van der Waals surface area contributed by atoms with Crippen molar-refractivity contribution in [3.63, 3.8) is 0 Å². The number of imide groups is 1. The number of hydrogen-bond acceptors (Lipinski definition) is 4. The minimum Gasteiger partial charge on any atom is -0.338 e. The summed E-state index contributed by atoms with van der Waals surface area (Å²) >= 11 is 0. The van der Waals surface area contributed by atoms with E-state index in [9.17, 15) is 9.59 Å². The molecule has 1 unspecified atom stereocenters. The van der Waals surface area contributed by atoms with E-state index in [1.54, 1.807) is 0 Å². The molecular formula is C10H22Cl2N4O2. The van der Waals surface area contributed by atoms with Crippen LogP contribution in [0.3, 0.4) is 0 Å². The van der Waals surface area contributed by atoms with Crippen molar-refractivity contribution in [1.29, 1.82) is 0 Å². The second-order valence-corrected chi connectivity index (χ2v) is 3.81. The molecule has 1 heterocycles. The summed E-state index contributed by atoms with van der Waals surface area (Å²) in [4.78, 5) is 24.9. The molecule has 0 aromatic carbocycles. The lowest BCUT2D eigenvalue weighted by atomic mass is 10.2. The summed E-state index contributed by atoms with van der Waals surface area (Å²) in [5.74, 6) is -0.243. The summed E-state index contributed by atoms with van der Waals surface area (Å²) in [5.41, 5.74) is 0.